The monoisotopic (exact) mass is 421 g/mol. The van der Waals surface area contributed by atoms with Crippen molar-refractivity contribution in [2.24, 2.45) is 0 Å². The average molecular weight is 422 g/mol. The Kier molecular flexibility index (Phi) is 6.27. The third-order valence-corrected chi connectivity index (χ3v) is 5.43. The molecule has 0 radical (unpaired) electrons. The zero-order valence-electron chi connectivity index (χ0n) is 18.0. The molecule has 8 nitrogen and oxygen atoms in total. The summed E-state index contributed by atoms with van der Waals surface area (Å²) in [4.78, 5) is 22.1. The van der Waals surface area contributed by atoms with Crippen LogP contribution in [0.1, 0.15) is 48.2 Å². The molecule has 0 spiro atoms. The molecular formula is C23H27N5O3. The first-order chi connectivity index (χ1) is 15.2. The van der Waals surface area contributed by atoms with E-state index in [9.17, 15) is 4.79 Å². The van der Waals surface area contributed by atoms with Crippen LogP contribution in [0.15, 0.2) is 42.7 Å². The molecule has 31 heavy (non-hydrogen) atoms. The van der Waals surface area contributed by atoms with Gasteiger partial charge in [-0.25, -0.2) is 14.6 Å². The summed E-state index contributed by atoms with van der Waals surface area (Å²) in [7, 11) is 3.27. The van der Waals surface area contributed by atoms with E-state index in [1.807, 2.05) is 37.3 Å². The second-order valence-corrected chi connectivity index (χ2v) is 7.61. The summed E-state index contributed by atoms with van der Waals surface area (Å²) in [6, 6.07) is 9.50. The SMILES string of the molecule is CCC(COC)NC(=O)c1cnn(-c2nccc(-c3ccccc3OC)n2)c1C1CC1. The van der Waals surface area contributed by atoms with E-state index in [0.717, 1.165) is 42.0 Å². The maximum Gasteiger partial charge on any atom is 0.255 e. The topological polar surface area (TPSA) is 91.2 Å². The molecule has 8 heteroatoms. The number of ether oxygens (including phenoxy) is 2. The minimum Gasteiger partial charge on any atom is -0.496 e. The quantitative estimate of drug-likeness (QED) is 0.570. The van der Waals surface area contributed by atoms with Gasteiger partial charge in [-0.1, -0.05) is 19.1 Å². The van der Waals surface area contributed by atoms with Crippen LogP contribution in [0, 0.1) is 0 Å². The van der Waals surface area contributed by atoms with Crippen molar-refractivity contribution in [2.45, 2.75) is 38.1 Å². The zero-order chi connectivity index (χ0) is 21.8. The summed E-state index contributed by atoms with van der Waals surface area (Å²) in [5, 5.41) is 7.54. The Morgan fingerprint density at radius 2 is 2.06 bits per heavy atom. The van der Waals surface area contributed by atoms with Crippen LogP contribution < -0.4 is 10.1 Å². The number of carbonyl (C=O) groups is 1. The lowest BCUT2D eigenvalue weighted by molar-refractivity contribution is 0.0893. The smallest absolute Gasteiger partial charge is 0.255 e. The number of rotatable bonds is 9. The summed E-state index contributed by atoms with van der Waals surface area (Å²) in [5.74, 6) is 1.31. The number of aromatic nitrogens is 4. The number of benzene rings is 1. The normalized spacial score (nSPS) is 14.3. The van der Waals surface area contributed by atoms with Crippen molar-refractivity contribution in [3.8, 4) is 23.0 Å². The molecule has 1 N–H and O–H groups in total. The highest BCUT2D eigenvalue weighted by molar-refractivity contribution is 5.95. The van der Waals surface area contributed by atoms with Gasteiger partial charge in [-0.3, -0.25) is 4.79 Å². The molecule has 0 saturated heterocycles. The molecule has 2 heterocycles. The number of nitrogens with zero attached hydrogens (tertiary/aromatic N) is 4. The average Bonchev–Trinajstić information content (AvgIpc) is 3.56. The number of methoxy groups -OCH3 is 2. The van der Waals surface area contributed by atoms with Crippen molar-refractivity contribution < 1.29 is 14.3 Å². The van der Waals surface area contributed by atoms with Gasteiger partial charge in [0.1, 0.15) is 5.75 Å². The van der Waals surface area contributed by atoms with Gasteiger partial charge < -0.3 is 14.8 Å². The molecule has 1 saturated carbocycles. The highest BCUT2D eigenvalue weighted by atomic mass is 16.5. The summed E-state index contributed by atoms with van der Waals surface area (Å²) >= 11 is 0. The zero-order valence-corrected chi connectivity index (χ0v) is 18.0. The Bertz CT molecular complexity index is 1060. The van der Waals surface area contributed by atoms with E-state index in [1.54, 1.807) is 31.3 Å². The highest BCUT2D eigenvalue weighted by Gasteiger charge is 2.34. The van der Waals surface area contributed by atoms with Crippen molar-refractivity contribution in [1.82, 2.24) is 25.1 Å². The van der Waals surface area contributed by atoms with Gasteiger partial charge in [-0.2, -0.15) is 5.10 Å². The van der Waals surface area contributed by atoms with E-state index in [2.05, 4.69) is 15.4 Å². The van der Waals surface area contributed by atoms with Crippen LogP contribution in [0.5, 0.6) is 5.75 Å². The number of amides is 1. The van der Waals surface area contributed by atoms with Crippen LogP contribution >= 0.6 is 0 Å². The highest BCUT2D eigenvalue weighted by Crippen LogP contribution is 2.42. The van der Waals surface area contributed by atoms with Crippen molar-refractivity contribution in [2.75, 3.05) is 20.8 Å². The number of carbonyl (C=O) groups excluding carboxylic acids is 1. The maximum absolute atomic E-state index is 13.0. The first-order valence-corrected chi connectivity index (χ1v) is 10.5. The Hall–Kier alpha value is -3.26. The number of para-hydroxylation sites is 1. The predicted molar refractivity (Wildman–Crippen MR) is 117 cm³/mol. The molecule has 1 unspecified atom stereocenters. The molecule has 1 amide bonds. The Labute approximate surface area is 181 Å². The first-order valence-electron chi connectivity index (χ1n) is 10.5. The van der Waals surface area contributed by atoms with Gasteiger partial charge in [0.25, 0.3) is 11.9 Å². The van der Waals surface area contributed by atoms with E-state index >= 15 is 0 Å². The van der Waals surface area contributed by atoms with E-state index in [1.165, 1.54) is 0 Å². The lowest BCUT2D eigenvalue weighted by Gasteiger charge is -2.16. The van der Waals surface area contributed by atoms with E-state index in [-0.39, 0.29) is 17.9 Å². The van der Waals surface area contributed by atoms with Crippen LogP contribution in [0.2, 0.25) is 0 Å². The lowest BCUT2D eigenvalue weighted by Crippen LogP contribution is -2.37. The molecule has 4 rings (SSSR count). The van der Waals surface area contributed by atoms with E-state index in [0.29, 0.717) is 18.1 Å². The predicted octanol–water partition coefficient (Wildman–Crippen LogP) is 3.37. The van der Waals surface area contributed by atoms with Crippen molar-refractivity contribution >= 4 is 5.91 Å². The Morgan fingerprint density at radius 3 is 2.77 bits per heavy atom. The van der Waals surface area contributed by atoms with Crippen LogP contribution in [-0.2, 0) is 4.74 Å². The number of hydrogen-bond donors (Lipinski definition) is 1. The Balaban J connectivity index is 1.69. The third kappa shape index (κ3) is 4.44. The summed E-state index contributed by atoms with van der Waals surface area (Å²) in [6.07, 6.45) is 6.15. The third-order valence-electron chi connectivity index (χ3n) is 5.43. The first kappa shape index (κ1) is 21.0. The molecule has 1 aliphatic carbocycles. The minimum absolute atomic E-state index is 0.0435. The van der Waals surface area contributed by atoms with Gasteiger partial charge in [0.2, 0.25) is 0 Å². The molecule has 1 atom stereocenters. The van der Waals surface area contributed by atoms with Crippen LogP contribution in [0.3, 0.4) is 0 Å². The van der Waals surface area contributed by atoms with Crippen molar-refractivity contribution in [1.29, 1.82) is 0 Å². The molecule has 162 valence electrons. The number of nitrogens with one attached hydrogen (secondary N) is 1. The fourth-order valence-corrected chi connectivity index (χ4v) is 3.62. The second kappa shape index (κ2) is 9.26. The van der Waals surface area contributed by atoms with Crippen LogP contribution in [-0.4, -0.2) is 52.5 Å². The molecule has 0 aliphatic heterocycles. The molecule has 1 aliphatic rings. The van der Waals surface area contributed by atoms with Gasteiger partial charge in [0, 0.05) is 24.8 Å². The molecule has 1 fully saturated rings. The van der Waals surface area contributed by atoms with Gasteiger partial charge in [0.05, 0.1) is 42.9 Å². The molecule has 1 aromatic carbocycles. The molecular weight excluding hydrogens is 394 g/mol. The maximum atomic E-state index is 13.0. The van der Waals surface area contributed by atoms with Crippen molar-refractivity contribution in [3.05, 3.63) is 54.0 Å². The van der Waals surface area contributed by atoms with Crippen molar-refractivity contribution in [3.63, 3.8) is 0 Å². The Morgan fingerprint density at radius 1 is 1.26 bits per heavy atom. The second-order valence-electron chi connectivity index (χ2n) is 7.61. The fourth-order valence-electron chi connectivity index (χ4n) is 3.62. The standard InChI is InChI=1S/C23H27N5O3/c1-4-16(14-30-2)26-22(29)18-13-25-28(21(18)15-9-10-15)23-24-12-11-19(27-23)17-7-5-6-8-20(17)31-3/h5-8,11-13,15-16H,4,9-10,14H2,1-3H3,(H,26,29). The van der Waals surface area contributed by atoms with Gasteiger partial charge >= 0.3 is 0 Å². The van der Waals surface area contributed by atoms with Gasteiger partial charge in [-0.05, 0) is 37.5 Å². The van der Waals surface area contributed by atoms with E-state index in [4.69, 9.17) is 14.5 Å². The molecule has 3 aromatic rings. The minimum atomic E-state index is -0.141. The number of hydrogen-bond acceptors (Lipinski definition) is 6. The van der Waals surface area contributed by atoms with Gasteiger partial charge in [-0.15, -0.1) is 0 Å². The molecule has 0 bridgehead atoms. The van der Waals surface area contributed by atoms with Gasteiger partial charge in [0.15, 0.2) is 0 Å². The summed E-state index contributed by atoms with van der Waals surface area (Å²) in [6.45, 7) is 2.49. The summed E-state index contributed by atoms with van der Waals surface area (Å²) in [5.41, 5.74) is 3.04. The largest absolute Gasteiger partial charge is 0.496 e. The van der Waals surface area contributed by atoms with Crippen LogP contribution in [0.25, 0.3) is 17.2 Å². The lowest BCUT2D eigenvalue weighted by atomic mass is 10.1. The molecule has 2 aromatic heterocycles. The summed E-state index contributed by atoms with van der Waals surface area (Å²) < 4.78 is 12.4. The van der Waals surface area contributed by atoms with Crippen LogP contribution in [0.4, 0.5) is 0 Å². The fraction of sp³-hybridized carbons (Fsp3) is 0.391. The van der Waals surface area contributed by atoms with E-state index < -0.39 is 0 Å².